The maximum absolute atomic E-state index is 12.2. The number of carbonyl (C=O) groups is 2. The van der Waals surface area contributed by atoms with Crippen molar-refractivity contribution >= 4 is 11.9 Å². The second-order valence-electron chi connectivity index (χ2n) is 6.76. The average Bonchev–Trinajstić information content (AvgIpc) is 2.85. The molecule has 1 aliphatic heterocycles. The highest BCUT2D eigenvalue weighted by molar-refractivity contribution is 5.90. The Balaban J connectivity index is 2.09. The minimum Gasteiger partial charge on any atom is -0.444 e. The Hall–Kier alpha value is -1.06. The number of rotatable bonds is 2. The minimum atomic E-state index is -0.504. The normalized spacial score (nSPS) is 30.3. The number of hydrogen-bond acceptors (Lipinski definition) is 3. The highest BCUT2D eigenvalue weighted by Gasteiger charge is 2.57. The van der Waals surface area contributed by atoms with Crippen molar-refractivity contribution in [2.24, 2.45) is 11.8 Å². The number of hydrogen-bond donors (Lipinski definition) is 0. The van der Waals surface area contributed by atoms with Gasteiger partial charge in [-0.25, -0.2) is 4.79 Å². The number of fused-ring (bicyclic) bond motifs is 1. The van der Waals surface area contributed by atoms with Crippen LogP contribution in [0.2, 0.25) is 0 Å². The van der Waals surface area contributed by atoms with Gasteiger partial charge in [-0.1, -0.05) is 13.8 Å². The van der Waals surface area contributed by atoms with E-state index in [1.54, 1.807) is 4.90 Å². The van der Waals surface area contributed by atoms with Crippen molar-refractivity contribution in [1.29, 1.82) is 0 Å². The first-order valence-corrected chi connectivity index (χ1v) is 6.75. The van der Waals surface area contributed by atoms with Gasteiger partial charge in [0.25, 0.3) is 0 Å². The first-order chi connectivity index (χ1) is 8.20. The molecule has 0 aromatic rings. The molecule has 4 heteroatoms. The molecule has 0 aromatic carbocycles. The zero-order chi connectivity index (χ0) is 13.7. The zero-order valence-electron chi connectivity index (χ0n) is 11.9. The molecule has 102 valence electrons. The summed E-state index contributed by atoms with van der Waals surface area (Å²) in [6, 6.07) is -0.0175. The maximum atomic E-state index is 12.2. The molecule has 0 unspecified atom stereocenters. The summed E-state index contributed by atoms with van der Waals surface area (Å²) in [6.07, 6.45) is 1.52. The number of piperidine rings is 1. The van der Waals surface area contributed by atoms with Crippen LogP contribution in [0, 0.1) is 11.8 Å². The average molecular weight is 253 g/mol. The Morgan fingerprint density at radius 1 is 1.22 bits per heavy atom. The van der Waals surface area contributed by atoms with Gasteiger partial charge in [-0.05, 0) is 39.5 Å². The molecule has 1 amide bonds. The van der Waals surface area contributed by atoms with Crippen LogP contribution in [0.4, 0.5) is 4.79 Å². The van der Waals surface area contributed by atoms with Gasteiger partial charge < -0.3 is 4.74 Å². The fourth-order valence-corrected chi connectivity index (χ4v) is 2.67. The molecule has 4 nitrogen and oxygen atoms in total. The molecule has 0 aromatic heterocycles. The van der Waals surface area contributed by atoms with Gasteiger partial charge in [0, 0.05) is 12.0 Å². The van der Waals surface area contributed by atoms with Crippen LogP contribution in [0.5, 0.6) is 0 Å². The number of nitrogens with zero attached hydrogens (tertiary/aromatic N) is 1. The molecule has 2 fully saturated rings. The van der Waals surface area contributed by atoms with Crippen molar-refractivity contribution in [3.63, 3.8) is 0 Å². The van der Waals surface area contributed by atoms with Crippen molar-refractivity contribution in [1.82, 2.24) is 4.90 Å². The summed E-state index contributed by atoms with van der Waals surface area (Å²) < 4.78 is 5.41. The number of amides is 1. The van der Waals surface area contributed by atoms with Crippen LogP contribution in [-0.4, -0.2) is 34.5 Å². The first kappa shape index (κ1) is 13.4. The molecular formula is C14H23NO3. The third-order valence-electron chi connectivity index (χ3n) is 3.61. The van der Waals surface area contributed by atoms with E-state index >= 15 is 0 Å². The molecule has 3 atom stereocenters. The van der Waals surface area contributed by atoms with Crippen molar-refractivity contribution in [2.75, 3.05) is 0 Å². The van der Waals surface area contributed by atoms with E-state index in [9.17, 15) is 9.59 Å². The molecule has 0 N–H and O–H groups in total. The SMILES string of the molecule is CC(C)C(=O)[C@@H]1C[C@H]2C[C@H]2N1C(=O)OC(C)(C)C. The van der Waals surface area contributed by atoms with E-state index < -0.39 is 5.60 Å². The Bertz CT molecular complexity index is 370. The summed E-state index contributed by atoms with van der Waals surface area (Å²) >= 11 is 0. The Morgan fingerprint density at radius 3 is 2.33 bits per heavy atom. The van der Waals surface area contributed by atoms with E-state index in [1.165, 1.54) is 0 Å². The Labute approximate surface area is 109 Å². The van der Waals surface area contributed by atoms with E-state index in [0.717, 1.165) is 12.8 Å². The van der Waals surface area contributed by atoms with Gasteiger partial charge in [-0.15, -0.1) is 0 Å². The molecular weight excluding hydrogens is 230 g/mol. The van der Waals surface area contributed by atoms with Crippen LogP contribution in [0.3, 0.4) is 0 Å². The molecule has 2 aliphatic rings. The molecule has 1 aliphatic carbocycles. The lowest BCUT2D eigenvalue weighted by atomic mass is 9.98. The number of likely N-dealkylation sites (tertiary alicyclic amines) is 1. The summed E-state index contributed by atoms with van der Waals surface area (Å²) in [5, 5.41) is 0. The standard InChI is InChI=1S/C14H23NO3/c1-8(2)12(16)11-7-9-6-10(9)15(11)13(17)18-14(3,4)5/h8-11H,6-7H2,1-5H3/t9-,10-,11+/m1/s1. The van der Waals surface area contributed by atoms with E-state index in [-0.39, 0.29) is 29.9 Å². The fourth-order valence-electron chi connectivity index (χ4n) is 2.67. The van der Waals surface area contributed by atoms with E-state index in [1.807, 2.05) is 34.6 Å². The zero-order valence-corrected chi connectivity index (χ0v) is 11.9. The summed E-state index contributed by atoms with van der Waals surface area (Å²) in [5.74, 6) is 0.649. The monoisotopic (exact) mass is 253 g/mol. The van der Waals surface area contributed by atoms with Gasteiger partial charge >= 0.3 is 6.09 Å². The molecule has 18 heavy (non-hydrogen) atoms. The van der Waals surface area contributed by atoms with Crippen LogP contribution in [-0.2, 0) is 9.53 Å². The van der Waals surface area contributed by atoms with E-state index in [2.05, 4.69) is 0 Å². The highest BCUT2D eigenvalue weighted by Crippen LogP contribution is 2.48. The van der Waals surface area contributed by atoms with Crippen molar-refractivity contribution in [2.45, 2.75) is 65.1 Å². The second-order valence-corrected chi connectivity index (χ2v) is 6.76. The lowest BCUT2D eigenvalue weighted by Crippen LogP contribution is -2.46. The van der Waals surface area contributed by atoms with Gasteiger partial charge in [0.05, 0.1) is 6.04 Å². The van der Waals surface area contributed by atoms with Gasteiger partial charge in [0.2, 0.25) is 0 Å². The van der Waals surface area contributed by atoms with Gasteiger partial charge in [-0.2, -0.15) is 0 Å². The fraction of sp³-hybridized carbons (Fsp3) is 0.857. The lowest BCUT2D eigenvalue weighted by Gasteiger charge is -2.30. The molecule has 1 saturated carbocycles. The third kappa shape index (κ3) is 2.52. The van der Waals surface area contributed by atoms with E-state index in [0.29, 0.717) is 5.92 Å². The highest BCUT2D eigenvalue weighted by atomic mass is 16.6. The Morgan fingerprint density at radius 2 is 1.83 bits per heavy atom. The molecule has 1 heterocycles. The smallest absolute Gasteiger partial charge is 0.411 e. The first-order valence-electron chi connectivity index (χ1n) is 6.75. The Kier molecular flexibility index (Phi) is 3.16. The molecule has 0 spiro atoms. The number of carbonyl (C=O) groups excluding carboxylic acids is 2. The summed E-state index contributed by atoms with van der Waals surface area (Å²) in [4.78, 5) is 26.0. The van der Waals surface area contributed by atoms with Gasteiger partial charge in [-0.3, -0.25) is 9.69 Å². The lowest BCUT2D eigenvalue weighted by molar-refractivity contribution is -0.126. The number of ketones is 1. The third-order valence-corrected chi connectivity index (χ3v) is 3.61. The van der Waals surface area contributed by atoms with E-state index in [4.69, 9.17) is 4.74 Å². The molecule has 0 radical (unpaired) electrons. The van der Waals surface area contributed by atoms with Crippen molar-refractivity contribution in [3.8, 4) is 0 Å². The van der Waals surface area contributed by atoms with Crippen LogP contribution >= 0.6 is 0 Å². The minimum absolute atomic E-state index is 0.0302. The molecule has 0 bridgehead atoms. The van der Waals surface area contributed by atoms with Crippen molar-refractivity contribution < 1.29 is 14.3 Å². The molecule has 1 saturated heterocycles. The largest absolute Gasteiger partial charge is 0.444 e. The number of ether oxygens (including phenoxy) is 1. The molecule has 2 rings (SSSR count). The van der Waals surface area contributed by atoms with Crippen LogP contribution < -0.4 is 0 Å². The van der Waals surface area contributed by atoms with Gasteiger partial charge in [0.1, 0.15) is 5.60 Å². The van der Waals surface area contributed by atoms with Crippen LogP contribution in [0.25, 0.3) is 0 Å². The van der Waals surface area contributed by atoms with Crippen molar-refractivity contribution in [3.05, 3.63) is 0 Å². The summed E-state index contributed by atoms with van der Waals surface area (Å²) in [6.45, 7) is 9.33. The van der Waals surface area contributed by atoms with Crippen LogP contribution in [0.1, 0.15) is 47.5 Å². The number of Topliss-reactive ketones (excluding diaryl/α,β-unsaturated/α-hetero) is 1. The topological polar surface area (TPSA) is 46.6 Å². The summed E-state index contributed by atoms with van der Waals surface area (Å²) in [5.41, 5.74) is -0.504. The predicted molar refractivity (Wildman–Crippen MR) is 68.2 cm³/mol. The predicted octanol–water partition coefficient (Wildman–Crippen LogP) is 2.61. The van der Waals surface area contributed by atoms with Crippen LogP contribution in [0.15, 0.2) is 0 Å². The second kappa shape index (κ2) is 4.25. The maximum Gasteiger partial charge on any atom is 0.411 e. The van der Waals surface area contributed by atoms with Gasteiger partial charge in [0.15, 0.2) is 5.78 Å². The quantitative estimate of drug-likeness (QED) is 0.760. The summed E-state index contributed by atoms with van der Waals surface area (Å²) in [7, 11) is 0.